The minimum atomic E-state index is -1.31. The lowest BCUT2D eigenvalue weighted by molar-refractivity contribution is 0.193. The van der Waals surface area contributed by atoms with Crippen molar-refractivity contribution in [3.63, 3.8) is 0 Å². The first kappa shape index (κ1) is 39.4. The molecule has 3 rings (SSSR count). The van der Waals surface area contributed by atoms with Crippen molar-refractivity contribution in [1.29, 1.82) is 0 Å². The van der Waals surface area contributed by atoms with Gasteiger partial charge in [0.05, 0.1) is 0 Å². The molecule has 0 fully saturated rings. The average molecular weight is 651 g/mol. The SMILES string of the molecule is CCCOB(O)Oc1ccc2c(c1)C(CCC(C)CCCC(C)C)(CCC(C)CCCC(C)C)c1cc(OB(O)OCCC)ccc1-2. The van der Waals surface area contributed by atoms with Gasteiger partial charge in [-0.25, -0.2) is 0 Å². The minimum Gasteiger partial charge on any atom is -0.512 e. The van der Waals surface area contributed by atoms with Crippen LogP contribution in [0.4, 0.5) is 0 Å². The Labute approximate surface area is 287 Å². The lowest BCUT2D eigenvalue weighted by atomic mass is 9.69. The van der Waals surface area contributed by atoms with Crippen LogP contribution >= 0.6 is 0 Å². The van der Waals surface area contributed by atoms with Crippen LogP contribution < -0.4 is 9.31 Å². The largest absolute Gasteiger partial charge is 0.710 e. The number of hydrogen-bond acceptors (Lipinski definition) is 6. The highest BCUT2D eigenvalue weighted by atomic mass is 16.7. The van der Waals surface area contributed by atoms with Gasteiger partial charge in [-0.15, -0.1) is 0 Å². The molecule has 0 saturated heterocycles. The van der Waals surface area contributed by atoms with Gasteiger partial charge in [-0.1, -0.05) is 106 Å². The van der Waals surface area contributed by atoms with Gasteiger partial charge in [0, 0.05) is 18.6 Å². The highest BCUT2D eigenvalue weighted by Gasteiger charge is 2.44. The second-order valence-corrected chi connectivity index (χ2v) is 15.0. The van der Waals surface area contributed by atoms with E-state index in [2.05, 4.69) is 65.8 Å². The molecule has 0 heterocycles. The lowest BCUT2D eigenvalue weighted by Gasteiger charge is -2.35. The summed E-state index contributed by atoms with van der Waals surface area (Å²) in [4.78, 5) is 0. The molecule has 47 heavy (non-hydrogen) atoms. The first-order valence-electron chi connectivity index (χ1n) is 18.7. The van der Waals surface area contributed by atoms with Crippen molar-refractivity contribution >= 4 is 14.6 Å². The molecule has 1 aliphatic carbocycles. The summed E-state index contributed by atoms with van der Waals surface area (Å²) in [5.74, 6) is 3.88. The first-order chi connectivity index (χ1) is 22.5. The van der Waals surface area contributed by atoms with Gasteiger partial charge in [-0.3, -0.25) is 0 Å². The standard InChI is InChI=1S/C39H64B2O6/c1-9-25-44-40(42)46-33-17-19-35-36-20-18-34(47-41(43)45-26-10-2)28-38(36)39(37(35)27-33,23-21-31(7)15-11-13-29(3)4)24-22-32(8)16-12-14-30(5)6/h17-20,27-32,42-43H,9-16,21-26H2,1-8H3. The van der Waals surface area contributed by atoms with E-state index < -0.39 is 14.6 Å². The molecule has 8 heteroatoms. The molecule has 262 valence electrons. The van der Waals surface area contributed by atoms with Gasteiger partial charge < -0.3 is 28.7 Å². The molecule has 2 unspecified atom stereocenters. The maximum atomic E-state index is 10.5. The molecule has 0 spiro atoms. The summed E-state index contributed by atoms with van der Waals surface area (Å²) in [6.45, 7) is 18.9. The van der Waals surface area contributed by atoms with E-state index in [1.54, 1.807) is 0 Å². The second-order valence-electron chi connectivity index (χ2n) is 15.0. The summed E-state index contributed by atoms with van der Waals surface area (Å²) in [5.41, 5.74) is 4.64. The highest BCUT2D eigenvalue weighted by molar-refractivity contribution is 6.36. The summed E-state index contributed by atoms with van der Waals surface area (Å²) in [6.07, 6.45) is 13.3. The van der Waals surface area contributed by atoms with Crippen molar-refractivity contribution in [2.45, 2.75) is 138 Å². The third kappa shape index (κ3) is 12.1. The van der Waals surface area contributed by atoms with Crippen molar-refractivity contribution in [3.8, 4) is 22.6 Å². The molecule has 2 N–H and O–H groups in total. The van der Waals surface area contributed by atoms with Crippen LogP contribution in [0, 0.1) is 23.7 Å². The number of hydrogen-bond donors (Lipinski definition) is 2. The Hall–Kier alpha value is -1.99. The number of benzene rings is 2. The average Bonchev–Trinajstić information content (AvgIpc) is 3.28. The third-order valence-corrected chi connectivity index (χ3v) is 9.79. The molecule has 2 atom stereocenters. The smallest absolute Gasteiger partial charge is 0.512 e. The van der Waals surface area contributed by atoms with Crippen LogP contribution in [0.1, 0.15) is 144 Å². The van der Waals surface area contributed by atoms with E-state index in [0.717, 1.165) is 50.4 Å². The molecular weight excluding hydrogens is 586 g/mol. The highest BCUT2D eigenvalue weighted by Crippen LogP contribution is 2.56. The van der Waals surface area contributed by atoms with Crippen LogP contribution in [0.25, 0.3) is 11.1 Å². The van der Waals surface area contributed by atoms with Gasteiger partial charge in [0.2, 0.25) is 0 Å². The molecule has 6 nitrogen and oxygen atoms in total. The minimum absolute atomic E-state index is 0.257. The summed E-state index contributed by atoms with van der Waals surface area (Å²) >= 11 is 0. The van der Waals surface area contributed by atoms with E-state index in [0.29, 0.717) is 36.5 Å². The zero-order valence-electron chi connectivity index (χ0n) is 30.9. The van der Waals surface area contributed by atoms with E-state index in [9.17, 15) is 10.0 Å². The summed E-state index contributed by atoms with van der Waals surface area (Å²) < 4.78 is 22.7. The molecule has 2 aromatic carbocycles. The Bertz CT molecular complexity index is 1100. The van der Waals surface area contributed by atoms with Crippen LogP contribution in [0.2, 0.25) is 0 Å². The fourth-order valence-electron chi connectivity index (χ4n) is 7.03. The van der Waals surface area contributed by atoms with E-state index in [-0.39, 0.29) is 5.41 Å². The Balaban J connectivity index is 2.03. The monoisotopic (exact) mass is 650 g/mol. The van der Waals surface area contributed by atoms with Crippen LogP contribution in [0.3, 0.4) is 0 Å². The molecule has 0 aliphatic heterocycles. The Morgan fingerprint density at radius 2 is 1.00 bits per heavy atom. The summed E-state index contributed by atoms with van der Waals surface area (Å²) in [6, 6.07) is 12.4. The van der Waals surface area contributed by atoms with Gasteiger partial charge in [0.1, 0.15) is 11.5 Å². The predicted octanol–water partition coefficient (Wildman–Crippen LogP) is 10.0. The van der Waals surface area contributed by atoms with Crippen molar-refractivity contribution in [2.24, 2.45) is 23.7 Å². The molecule has 1 aliphatic rings. The van der Waals surface area contributed by atoms with Crippen LogP contribution in [0.15, 0.2) is 36.4 Å². The van der Waals surface area contributed by atoms with Gasteiger partial charge in [-0.05, 0) is 109 Å². The Morgan fingerprint density at radius 1 is 0.596 bits per heavy atom. The van der Waals surface area contributed by atoms with Gasteiger partial charge in [0.25, 0.3) is 0 Å². The molecule has 0 bridgehead atoms. The first-order valence-corrected chi connectivity index (χ1v) is 18.7. The van der Waals surface area contributed by atoms with Crippen molar-refractivity contribution in [3.05, 3.63) is 47.5 Å². The Kier molecular flexibility index (Phi) is 16.7. The molecule has 0 aromatic heterocycles. The summed E-state index contributed by atoms with van der Waals surface area (Å²) in [5, 5.41) is 20.9. The molecular formula is C39H64B2O6. The quantitative estimate of drug-likeness (QED) is 0.110. The third-order valence-electron chi connectivity index (χ3n) is 9.79. The molecule has 0 saturated carbocycles. The van der Waals surface area contributed by atoms with Gasteiger partial charge >= 0.3 is 14.6 Å². The van der Waals surface area contributed by atoms with E-state index in [4.69, 9.17) is 18.6 Å². The van der Waals surface area contributed by atoms with Crippen molar-refractivity contribution in [2.75, 3.05) is 13.2 Å². The van der Waals surface area contributed by atoms with Crippen LogP contribution in [-0.2, 0) is 14.7 Å². The molecule has 0 radical (unpaired) electrons. The predicted molar refractivity (Wildman–Crippen MR) is 197 cm³/mol. The fraction of sp³-hybridized carbons (Fsp3) is 0.692. The lowest BCUT2D eigenvalue weighted by Crippen LogP contribution is -2.29. The normalized spacial score (nSPS) is 14.6. The summed E-state index contributed by atoms with van der Waals surface area (Å²) in [7, 11) is -2.62. The van der Waals surface area contributed by atoms with Crippen LogP contribution in [0.5, 0.6) is 11.5 Å². The topological polar surface area (TPSA) is 77.4 Å². The second kappa shape index (κ2) is 19.9. The number of fused-ring (bicyclic) bond motifs is 3. The van der Waals surface area contributed by atoms with E-state index in [1.165, 1.54) is 60.8 Å². The molecule has 0 amide bonds. The van der Waals surface area contributed by atoms with Gasteiger partial charge in [0.15, 0.2) is 0 Å². The zero-order chi connectivity index (χ0) is 34.4. The maximum Gasteiger partial charge on any atom is 0.710 e. The zero-order valence-corrected chi connectivity index (χ0v) is 30.9. The van der Waals surface area contributed by atoms with E-state index in [1.807, 2.05) is 26.0 Å². The fourth-order valence-corrected chi connectivity index (χ4v) is 7.03. The van der Waals surface area contributed by atoms with Gasteiger partial charge in [-0.2, -0.15) is 0 Å². The molecule has 2 aromatic rings. The Morgan fingerprint density at radius 3 is 1.36 bits per heavy atom. The van der Waals surface area contributed by atoms with Crippen molar-refractivity contribution in [1.82, 2.24) is 0 Å². The van der Waals surface area contributed by atoms with Crippen LogP contribution in [-0.4, -0.2) is 37.9 Å². The maximum absolute atomic E-state index is 10.5. The number of rotatable bonds is 24. The van der Waals surface area contributed by atoms with E-state index >= 15 is 0 Å². The van der Waals surface area contributed by atoms with Crippen molar-refractivity contribution < 1.29 is 28.7 Å².